The van der Waals surface area contributed by atoms with Gasteiger partial charge in [-0.2, -0.15) is 0 Å². The summed E-state index contributed by atoms with van der Waals surface area (Å²) >= 11 is 3.52. The summed E-state index contributed by atoms with van der Waals surface area (Å²) < 4.78 is 1.30. The van der Waals surface area contributed by atoms with Gasteiger partial charge in [-0.3, -0.25) is 0 Å². The highest BCUT2D eigenvalue weighted by atomic mass is 32.1. The van der Waals surface area contributed by atoms with E-state index in [0.29, 0.717) is 0 Å². The third-order valence-electron chi connectivity index (χ3n) is 4.06. The van der Waals surface area contributed by atoms with Crippen LogP contribution in [0.4, 0.5) is 0 Å². The fourth-order valence-corrected chi connectivity index (χ4v) is 4.59. The van der Waals surface area contributed by atoms with Gasteiger partial charge in [0, 0.05) is 16.3 Å². The summed E-state index contributed by atoms with van der Waals surface area (Å²) in [6, 6.07) is 9.01. The van der Waals surface area contributed by atoms with Gasteiger partial charge in [-0.05, 0) is 18.4 Å². The van der Waals surface area contributed by atoms with Gasteiger partial charge in [-0.15, -0.1) is 22.7 Å². The van der Waals surface area contributed by atoms with E-state index in [-0.39, 0.29) is 0 Å². The molecule has 0 unspecified atom stereocenters. The van der Waals surface area contributed by atoms with Crippen LogP contribution in [0.2, 0.25) is 0 Å². The summed E-state index contributed by atoms with van der Waals surface area (Å²) in [5.41, 5.74) is 3.84. The van der Waals surface area contributed by atoms with Crippen LogP contribution in [0.3, 0.4) is 0 Å². The minimum absolute atomic E-state index is 1.14. The number of thiazole rings is 1. The SMILES string of the molecule is CCCCCCCCc1ccc(-c2nc3cscc3s2)cc1. The Kier molecular flexibility index (Phi) is 5.63. The van der Waals surface area contributed by atoms with E-state index in [9.17, 15) is 0 Å². The number of rotatable bonds is 8. The summed E-state index contributed by atoms with van der Waals surface area (Å²) in [4.78, 5) is 4.71. The molecular weight excluding hydrogens is 306 g/mol. The van der Waals surface area contributed by atoms with E-state index in [0.717, 1.165) is 10.5 Å². The highest BCUT2D eigenvalue weighted by molar-refractivity contribution is 7.24. The number of hydrogen-bond acceptors (Lipinski definition) is 3. The molecule has 1 nitrogen and oxygen atoms in total. The highest BCUT2D eigenvalue weighted by Gasteiger charge is 2.06. The molecule has 0 N–H and O–H groups in total. The molecular formula is C19H23NS2. The Morgan fingerprint density at radius 1 is 0.909 bits per heavy atom. The molecule has 22 heavy (non-hydrogen) atoms. The lowest BCUT2D eigenvalue weighted by Gasteiger charge is -2.03. The standard InChI is InChI=1S/C19H23NS2/c1-2-3-4-5-6-7-8-15-9-11-16(12-10-15)19-20-17-13-21-14-18(17)22-19/h9-14H,2-8H2,1H3. The van der Waals surface area contributed by atoms with Gasteiger partial charge in [0.2, 0.25) is 0 Å². The van der Waals surface area contributed by atoms with Crippen molar-refractivity contribution in [2.24, 2.45) is 0 Å². The number of aromatic nitrogens is 1. The molecule has 0 bridgehead atoms. The third-order valence-corrected chi connectivity index (χ3v) is 6.00. The second-order valence-corrected chi connectivity index (χ2v) is 7.63. The Bertz CT molecular complexity index is 665. The zero-order valence-electron chi connectivity index (χ0n) is 13.2. The normalized spacial score (nSPS) is 11.3. The van der Waals surface area contributed by atoms with Crippen LogP contribution in [0.5, 0.6) is 0 Å². The predicted octanol–water partition coefficient (Wildman–Crippen LogP) is 6.93. The van der Waals surface area contributed by atoms with Crippen LogP contribution in [0.25, 0.3) is 20.8 Å². The van der Waals surface area contributed by atoms with Crippen LogP contribution in [0.15, 0.2) is 35.0 Å². The molecule has 0 saturated heterocycles. The zero-order chi connectivity index (χ0) is 15.2. The molecule has 0 amide bonds. The molecule has 0 atom stereocenters. The minimum atomic E-state index is 1.14. The van der Waals surface area contributed by atoms with Crippen molar-refractivity contribution >= 4 is 32.9 Å². The molecule has 0 aliphatic heterocycles. The van der Waals surface area contributed by atoms with Crippen LogP contribution in [0.1, 0.15) is 51.0 Å². The van der Waals surface area contributed by atoms with Gasteiger partial charge in [0.1, 0.15) is 5.01 Å². The molecule has 3 rings (SSSR count). The van der Waals surface area contributed by atoms with Crippen LogP contribution in [-0.2, 0) is 6.42 Å². The lowest BCUT2D eigenvalue weighted by molar-refractivity contribution is 0.607. The number of thiophene rings is 1. The van der Waals surface area contributed by atoms with Crippen molar-refractivity contribution in [3.8, 4) is 10.6 Å². The van der Waals surface area contributed by atoms with Gasteiger partial charge in [0.05, 0.1) is 10.2 Å². The Morgan fingerprint density at radius 3 is 2.45 bits per heavy atom. The summed E-state index contributed by atoms with van der Waals surface area (Å²) in [5.74, 6) is 0. The Balaban J connectivity index is 1.53. The third kappa shape index (κ3) is 3.96. The Labute approximate surface area is 141 Å². The maximum Gasteiger partial charge on any atom is 0.124 e. The van der Waals surface area contributed by atoms with Gasteiger partial charge in [0.25, 0.3) is 0 Å². The Hall–Kier alpha value is -1.19. The first-order valence-electron chi connectivity index (χ1n) is 8.29. The van der Waals surface area contributed by atoms with Crippen LogP contribution in [-0.4, -0.2) is 4.98 Å². The fourth-order valence-electron chi connectivity index (χ4n) is 2.72. The number of benzene rings is 1. The van der Waals surface area contributed by atoms with Crippen molar-refractivity contribution in [2.75, 3.05) is 0 Å². The average molecular weight is 330 g/mol. The van der Waals surface area contributed by atoms with E-state index < -0.39 is 0 Å². The smallest absolute Gasteiger partial charge is 0.124 e. The van der Waals surface area contributed by atoms with E-state index >= 15 is 0 Å². The summed E-state index contributed by atoms with van der Waals surface area (Å²) in [5, 5.41) is 5.45. The topological polar surface area (TPSA) is 12.9 Å². The van der Waals surface area contributed by atoms with Crippen LogP contribution in [0, 0.1) is 0 Å². The summed E-state index contributed by atoms with van der Waals surface area (Å²) in [7, 11) is 0. The van der Waals surface area contributed by atoms with E-state index in [1.54, 1.807) is 22.7 Å². The van der Waals surface area contributed by atoms with Crippen molar-refractivity contribution in [1.29, 1.82) is 0 Å². The first-order valence-corrected chi connectivity index (χ1v) is 10.0. The highest BCUT2D eigenvalue weighted by Crippen LogP contribution is 2.32. The number of aryl methyl sites for hydroxylation is 1. The Morgan fingerprint density at radius 2 is 1.68 bits per heavy atom. The predicted molar refractivity (Wildman–Crippen MR) is 100 cm³/mol. The summed E-state index contributed by atoms with van der Waals surface area (Å²) in [6.45, 7) is 2.27. The second-order valence-electron chi connectivity index (χ2n) is 5.85. The van der Waals surface area contributed by atoms with Gasteiger partial charge in [0.15, 0.2) is 0 Å². The molecule has 3 aromatic rings. The van der Waals surface area contributed by atoms with Gasteiger partial charge >= 0.3 is 0 Å². The van der Waals surface area contributed by atoms with Crippen LogP contribution >= 0.6 is 22.7 Å². The number of nitrogens with zero attached hydrogens (tertiary/aromatic N) is 1. The van der Waals surface area contributed by atoms with Crippen LogP contribution < -0.4 is 0 Å². The molecule has 0 spiro atoms. The molecule has 3 heteroatoms. The van der Waals surface area contributed by atoms with E-state index in [1.165, 1.54) is 60.8 Å². The first kappa shape index (κ1) is 15.7. The molecule has 0 fully saturated rings. The zero-order valence-corrected chi connectivity index (χ0v) is 14.8. The maximum absolute atomic E-state index is 4.71. The number of hydrogen-bond donors (Lipinski definition) is 0. The minimum Gasteiger partial charge on any atom is -0.235 e. The monoisotopic (exact) mass is 329 g/mol. The molecule has 0 saturated carbocycles. The van der Waals surface area contributed by atoms with Crippen molar-refractivity contribution in [3.05, 3.63) is 40.6 Å². The van der Waals surface area contributed by atoms with E-state index in [2.05, 4.69) is 41.9 Å². The first-order chi connectivity index (χ1) is 10.9. The van der Waals surface area contributed by atoms with Crippen molar-refractivity contribution in [3.63, 3.8) is 0 Å². The van der Waals surface area contributed by atoms with E-state index in [1.807, 2.05) is 0 Å². The van der Waals surface area contributed by atoms with E-state index in [4.69, 9.17) is 4.98 Å². The fraction of sp³-hybridized carbons (Fsp3) is 0.421. The molecule has 1 aromatic carbocycles. The number of fused-ring (bicyclic) bond motifs is 1. The molecule has 0 aliphatic carbocycles. The second kappa shape index (κ2) is 7.89. The quantitative estimate of drug-likeness (QED) is 0.408. The van der Waals surface area contributed by atoms with Crippen molar-refractivity contribution < 1.29 is 0 Å². The van der Waals surface area contributed by atoms with Gasteiger partial charge in [-0.1, -0.05) is 63.3 Å². The lowest BCUT2D eigenvalue weighted by atomic mass is 10.0. The largest absolute Gasteiger partial charge is 0.235 e. The van der Waals surface area contributed by atoms with Gasteiger partial charge < -0.3 is 0 Å². The molecule has 116 valence electrons. The van der Waals surface area contributed by atoms with Gasteiger partial charge in [-0.25, -0.2) is 4.98 Å². The molecule has 0 aliphatic rings. The molecule has 2 aromatic heterocycles. The summed E-state index contributed by atoms with van der Waals surface area (Å²) in [6.07, 6.45) is 9.40. The average Bonchev–Trinajstić information content (AvgIpc) is 3.13. The maximum atomic E-state index is 4.71. The van der Waals surface area contributed by atoms with Crippen molar-refractivity contribution in [1.82, 2.24) is 4.98 Å². The van der Waals surface area contributed by atoms with Crippen molar-refractivity contribution in [2.45, 2.75) is 51.9 Å². The lowest BCUT2D eigenvalue weighted by Crippen LogP contribution is -1.86. The molecule has 2 heterocycles. The molecule has 0 radical (unpaired) electrons. The number of unbranched alkanes of at least 4 members (excludes halogenated alkanes) is 5.